The van der Waals surface area contributed by atoms with E-state index in [0.717, 1.165) is 66.5 Å². The maximum Gasteiger partial charge on any atom is 0.407 e. The van der Waals surface area contributed by atoms with E-state index in [2.05, 4.69) is 36.8 Å². The molecule has 1 aromatic heterocycles. The molecule has 1 aromatic carbocycles. The molecular weight excluding hydrogens is 526 g/mol. The number of benzene rings is 1. The smallest absolute Gasteiger partial charge is 0.407 e. The number of carbonyl (C=O) groups excluding carboxylic acids is 3. The molecule has 1 aliphatic heterocycles. The van der Waals surface area contributed by atoms with Crippen LogP contribution in [-0.4, -0.2) is 46.3 Å². The van der Waals surface area contributed by atoms with Crippen molar-refractivity contribution in [3.8, 4) is 0 Å². The first kappa shape index (κ1) is 24.8. The second-order valence-corrected chi connectivity index (χ2v) is 11.4. The minimum absolute atomic E-state index is 0.0900. The van der Waals surface area contributed by atoms with Gasteiger partial charge in [-0.1, -0.05) is 22.0 Å². The highest BCUT2D eigenvalue weighted by atomic mass is 79.9. The summed E-state index contributed by atoms with van der Waals surface area (Å²) in [6.45, 7) is 4.59. The van der Waals surface area contributed by atoms with Crippen LogP contribution in [0.5, 0.6) is 0 Å². The Morgan fingerprint density at radius 1 is 1.28 bits per heavy atom. The van der Waals surface area contributed by atoms with E-state index < -0.39 is 5.92 Å². The van der Waals surface area contributed by atoms with Crippen LogP contribution in [0.25, 0.3) is 0 Å². The van der Waals surface area contributed by atoms with Crippen LogP contribution in [-0.2, 0) is 14.3 Å². The zero-order valence-electron chi connectivity index (χ0n) is 20.6. The number of hydrogen-bond acceptors (Lipinski definition) is 5. The topological polar surface area (TPSA) is 116 Å². The molecule has 3 atom stereocenters. The zero-order chi connectivity index (χ0) is 25.4. The molecule has 3 aliphatic rings. The Hall–Kier alpha value is -2.88. The van der Waals surface area contributed by atoms with Crippen LogP contribution in [0.4, 0.5) is 16.3 Å². The first-order valence-electron chi connectivity index (χ1n) is 12.7. The molecule has 3 fully saturated rings. The minimum Gasteiger partial charge on any atom is -0.446 e. The van der Waals surface area contributed by atoms with Gasteiger partial charge in [0, 0.05) is 46.3 Å². The number of amides is 3. The number of aromatic amines is 1. The maximum absolute atomic E-state index is 13.0. The number of hydrogen-bond donors (Lipinski definition) is 3. The van der Waals surface area contributed by atoms with Gasteiger partial charge in [0.05, 0.1) is 5.92 Å². The molecule has 3 N–H and O–H groups in total. The van der Waals surface area contributed by atoms with Gasteiger partial charge in [0.25, 0.3) is 0 Å². The van der Waals surface area contributed by atoms with E-state index >= 15 is 0 Å². The Kier molecular flexibility index (Phi) is 6.80. The van der Waals surface area contributed by atoms with E-state index in [9.17, 15) is 14.4 Å². The van der Waals surface area contributed by atoms with Crippen LogP contribution >= 0.6 is 15.9 Å². The quantitative estimate of drug-likeness (QED) is 0.445. The van der Waals surface area contributed by atoms with Crippen molar-refractivity contribution in [1.29, 1.82) is 0 Å². The Labute approximate surface area is 218 Å². The van der Waals surface area contributed by atoms with Gasteiger partial charge in [-0.05, 0) is 70.1 Å². The lowest BCUT2D eigenvalue weighted by atomic mass is 9.99. The van der Waals surface area contributed by atoms with E-state index in [1.807, 2.05) is 38.1 Å². The molecule has 3 unspecified atom stereocenters. The van der Waals surface area contributed by atoms with Crippen molar-refractivity contribution in [1.82, 2.24) is 15.5 Å². The lowest BCUT2D eigenvalue weighted by Gasteiger charge is -2.19. The predicted octanol–water partition coefficient (Wildman–Crippen LogP) is 4.96. The second-order valence-electron chi connectivity index (χ2n) is 10.5. The first-order valence-corrected chi connectivity index (χ1v) is 13.4. The summed E-state index contributed by atoms with van der Waals surface area (Å²) in [5.41, 5.74) is 2.52. The number of anilines is 2. The SMILES string of the molecule is CC(C(=O)Nc1cc(C2CCC(OC(=O)NC3(C)CC3)C2)[nH]n1)c1ccc(N2CCCC2=O)cc1Br. The normalized spacial score (nSPS) is 23.4. The monoisotopic (exact) mass is 557 g/mol. The maximum atomic E-state index is 13.0. The summed E-state index contributed by atoms with van der Waals surface area (Å²) in [6, 6.07) is 7.55. The Morgan fingerprint density at radius 3 is 2.78 bits per heavy atom. The van der Waals surface area contributed by atoms with E-state index in [4.69, 9.17) is 4.74 Å². The second kappa shape index (κ2) is 9.88. The van der Waals surface area contributed by atoms with Crippen molar-refractivity contribution in [2.75, 3.05) is 16.8 Å². The molecule has 2 heterocycles. The average Bonchev–Trinajstić information content (AvgIpc) is 3.25. The van der Waals surface area contributed by atoms with Crippen LogP contribution in [0.3, 0.4) is 0 Å². The molecule has 2 aliphatic carbocycles. The van der Waals surface area contributed by atoms with Gasteiger partial charge in [0.2, 0.25) is 11.8 Å². The number of halogens is 1. The first-order chi connectivity index (χ1) is 17.2. The van der Waals surface area contributed by atoms with E-state index in [0.29, 0.717) is 12.2 Å². The van der Waals surface area contributed by atoms with Crippen LogP contribution < -0.4 is 15.5 Å². The van der Waals surface area contributed by atoms with Crippen molar-refractivity contribution in [3.05, 3.63) is 40.0 Å². The van der Waals surface area contributed by atoms with Crippen molar-refractivity contribution >= 4 is 45.3 Å². The molecule has 2 aromatic rings. The number of aromatic nitrogens is 2. The van der Waals surface area contributed by atoms with E-state index in [1.54, 1.807) is 4.90 Å². The number of nitrogens with one attached hydrogen (secondary N) is 3. The summed E-state index contributed by atoms with van der Waals surface area (Å²) < 4.78 is 6.40. The van der Waals surface area contributed by atoms with Gasteiger partial charge in [0.1, 0.15) is 6.10 Å². The third-order valence-electron chi connectivity index (χ3n) is 7.58. The lowest BCUT2D eigenvalue weighted by molar-refractivity contribution is -0.118. The molecule has 0 spiro atoms. The summed E-state index contributed by atoms with van der Waals surface area (Å²) in [4.78, 5) is 38.9. The Bertz CT molecular complexity index is 1180. The molecule has 3 amide bonds. The van der Waals surface area contributed by atoms with Gasteiger partial charge < -0.3 is 20.3 Å². The van der Waals surface area contributed by atoms with Crippen molar-refractivity contribution < 1.29 is 19.1 Å². The van der Waals surface area contributed by atoms with E-state index in [-0.39, 0.29) is 35.5 Å². The van der Waals surface area contributed by atoms with Gasteiger partial charge >= 0.3 is 6.09 Å². The van der Waals surface area contributed by atoms with Gasteiger partial charge in [-0.15, -0.1) is 0 Å². The Morgan fingerprint density at radius 2 is 2.08 bits per heavy atom. The van der Waals surface area contributed by atoms with Crippen LogP contribution in [0.15, 0.2) is 28.7 Å². The molecule has 1 saturated heterocycles. The number of alkyl carbamates (subject to hydrolysis) is 1. The molecule has 2 saturated carbocycles. The van der Waals surface area contributed by atoms with Gasteiger partial charge in [-0.2, -0.15) is 5.10 Å². The number of rotatable bonds is 7. The number of carbonyl (C=O) groups is 3. The molecule has 0 radical (unpaired) electrons. The molecule has 192 valence electrons. The largest absolute Gasteiger partial charge is 0.446 e. The van der Waals surface area contributed by atoms with Gasteiger partial charge in [-0.3, -0.25) is 14.7 Å². The molecule has 9 nitrogen and oxygen atoms in total. The van der Waals surface area contributed by atoms with Crippen LogP contribution in [0.1, 0.15) is 81.9 Å². The third kappa shape index (κ3) is 5.43. The van der Waals surface area contributed by atoms with Gasteiger partial charge in [-0.25, -0.2) is 4.79 Å². The fraction of sp³-hybridized carbons (Fsp3) is 0.538. The lowest BCUT2D eigenvalue weighted by Crippen LogP contribution is -2.36. The molecular formula is C26H32BrN5O4. The highest BCUT2D eigenvalue weighted by Gasteiger charge is 2.40. The van der Waals surface area contributed by atoms with Crippen LogP contribution in [0.2, 0.25) is 0 Å². The third-order valence-corrected chi connectivity index (χ3v) is 8.27. The standard InChI is InChI=1S/C26H32BrN5O4/c1-15(19-8-6-17(13-20(19)27)32-11-3-4-23(32)33)24(34)28-22-14-21(30-31-22)16-5-7-18(12-16)36-25(35)29-26(2)9-10-26/h6,8,13-16,18H,3-5,7,9-12H2,1-2H3,(H,29,35)(H2,28,30,31,34). The highest BCUT2D eigenvalue weighted by molar-refractivity contribution is 9.10. The predicted molar refractivity (Wildman–Crippen MR) is 139 cm³/mol. The summed E-state index contributed by atoms with van der Waals surface area (Å²) in [5.74, 6) is 0.215. The number of H-pyrrole nitrogens is 1. The fourth-order valence-electron chi connectivity index (χ4n) is 5.01. The molecule has 10 heteroatoms. The number of ether oxygens (including phenoxy) is 1. The average molecular weight is 558 g/mol. The molecule has 5 rings (SSSR count). The van der Waals surface area contributed by atoms with Crippen molar-refractivity contribution in [2.45, 2.75) is 82.3 Å². The summed E-state index contributed by atoms with van der Waals surface area (Å²) in [5, 5.41) is 13.2. The van der Waals surface area contributed by atoms with Crippen molar-refractivity contribution in [3.63, 3.8) is 0 Å². The highest BCUT2D eigenvalue weighted by Crippen LogP contribution is 2.38. The van der Waals surface area contributed by atoms with E-state index in [1.165, 1.54) is 0 Å². The Balaban J connectivity index is 1.15. The van der Waals surface area contributed by atoms with Crippen LogP contribution in [0, 0.1) is 0 Å². The summed E-state index contributed by atoms with van der Waals surface area (Å²) in [7, 11) is 0. The minimum atomic E-state index is -0.418. The summed E-state index contributed by atoms with van der Waals surface area (Å²) in [6.07, 6.45) is 5.42. The van der Waals surface area contributed by atoms with Crippen molar-refractivity contribution in [2.24, 2.45) is 0 Å². The van der Waals surface area contributed by atoms with Gasteiger partial charge in [0.15, 0.2) is 5.82 Å². The summed E-state index contributed by atoms with van der Waals surface area (Å²) >= 11 is 3.58. The zero-order valence-corrected chi connectivity index (χ0v) is 22.2. The number of nitrogens with zero attached hydrogens (tertiary/aromatic N) is 2. The fourth-order valence-corrected chi connectivity index (χ4v) is 5.72. The molecule has 0 bridgehead atoms. The molecule has 36 heavy (non-hydrogen) atoms.